The highest BCUT2D eigenvalue weighted by atomic mass is 15.1. The molecule has 1 heterocycles. The summed E-state index contributed by atoms with van der Waals surface area (Å²) in [5.74, 6) is 0. The van der Waals surface area contributed by atoms with Crippen LogP contribution in [-0.2, 0) is 13.6 Å². The van der Waals surface area contributed by atoms with E-state index in [0.717, 1.165) is 6.54 Å². The van der Waals surface area contributed by atoms with Crippen LogP contribution in [0.3, 0.4) is 0 Å². The number of rotatable bonds is 2. The Morgan fingerprint density at radius 2 is 2.00 bits per heavy atom. The van der Waals surface area contributed by atoms with Crippen molar-refractivity contribution in [2.45, 2.75) is 13.5 Å². The molecule has 1 aromatic carbocycles. The molecule has 2 aromatic rings. The standard InChI is InChI=1S/C13H18N2/c1-10-5-6-12-11(8-14(2)3)9-15(4)13(12)7-10/h5-7,9H,8H2,1-4H3. The molecule has 0 saturated carbocycles. The first kappa shape index (κ1) is 10.2. The van der Waals surface area contributed by atoms with E-state index in [4.69, 9.17) is 0 Å². The maximum atomic E-state index is 2.24. The molecule has 0 amide bonds. The summed E-state index contributed by atoms with van der Waals surface area (Å²) in [6.07, 6.45) is 2.23. The highest BCUT2D eigenvalue weighted by Gasteiger charge is 2.06. The average Bonchev–Trinajstić information content (AvgIpc) is 2.42. The van der Waals surface area contributed by atoms with Crippen molar-refractivity contribution in [1.82, 2.24) is 9.47 Å². The second-order valence-corrected chi connectivity index (χ2v) is 4.52. The zero-order valence-corrected chi connectivity index (χ0v) is 9.91. The highest BCUT2D eigenvalue weighted by Crippen LogP contribution is 2.22. The summed E-state index contributed by atoms with van der Waals surface area (Å²) in [6.45, 7) is 3.14. The molecule has 0 spiro atoms. The molecule has 0 bridgehead atoms. The fraction of sp³-hybridized carbons (Fsp3) is 0.385. The van der Waals surface area contributed by atoms with Gasteiger partial charge in [-0.25, -0.2) is 0 Å². The van der Waals surface area contributed by atoms with E-state index in [1.54, 1.807) is 0 Å². The van der Waals surface area contributed by atoms with Crippen molar-refractivity contribution in [2.75, 3.05) is 14.1 Å². The summed E-state index contributed by atoms with van der Waals surface area (Å²) < 4.78 is 2.21. The molecule has 1 aromatic heterocycles. The molecule has 0 unspecified atom stereocenters. The van der Waals surface area contributed by atoms with Gasteiger partial charge in [-0.05, 0) is 38.2 Å². The number of aromatic nitrogens is 1. The lowest BCUT2D eigenvalue weighted by Crippen LogP contribution is -2.10. The Balaban J connectivity index is 2.57. The predicted molar refractivity (Wildman–Crippen MR) is 65.0 cm³/mol. The topological polar surface area (TPSA) is 8.17 Å². The number of fused-ring (bicyclic) bond motifs is 1. The summed E-state index contributed by atoms with van der Waals surface area (Å²) >= 11 is 0. The van der Waals surface area contributed by atoms with E-state index < -0.39 is 0 Å². The maximum Gasteiger partial charge on any atom is 0.0483 e. The summed E-state index contributed by atoms with van der Waals surface area (Å²) in [5, 5.41) is 1.37. The average molecular weight is 202 g/mol. The first-order valence-corrected chi connectivity index (χ1v) is 5.27. The molecule has 80 valence electrons. The van der Waals surface area contributed by atoms with Gasteiger partial charge in [0.05, 0.1) is 0 Å². The summed E-state index contributed by atoms with van der Waals surface area (Å²) in [4.78, 5) is 2.20. The smallest absolute Gasteiger partial charge is 0.0483 e. The largest absolute Gasteiger partial charge is 0.350 e. The number of benzene rings is 1. The second-order valence-electron chi connectivity index (χ2n) is 4.52. The molecule has 2 rings (SSSR count). The van der Waals surface area contributed by atoms with Crippen LogP contribution >= 0.6 is 0 Å². The van der Waals surface area contributed by atoms with Gasteiger partial charge in [0, 0.05) is 30.7 Å². The molecular formula is C13H18N2. The Bertz CT molecular complexity index is 480. The maximum absolute atomic E-state index is 2.24. The van der Waals surface area contributed by atoms with Crippen LogP contribution in [0.25, 0.3) is 10.9 Å². The van der Waals surface area contributed by atoms with E-state index in [1.807, 2.05) is 0 Å². The summed E-state index contributed by atoms with van der Waals surface area (Å²) in [6, 6.07) is 6.65. The third-order valence-corrected chi connectivity index (χ3v) is 2.72. The van der Waals surface area contributed by atoms with Gasteiger partial charge in [-0.1, -0.05) is 12.1 Å². The molecule has 0 fully saturated rings. The first-order chi connectivity index (χ1) is 7.08. The van der Waals surface area contributed by atoms with Gasteiger partial charge in [0.1, 0.15) is 0 Å². The number of aryl methyl sites for hydroxylation is 2. The third kappa shape index (κ3) is 1.90. The molecule has 0 atom stereocenters. The van der Waals surface area contributed by atoms with Crippen LogP contribution in [-0.4, -0.2) is 23.6 Å². The summed E-state index contributed by atoms with van der Waals surface area (Å²) in [7, 11) is 6.32. The van der Waals surface area contributed by atoms with Gasteiger partial charge in [0.25, 0.3) is 0 Å². The highest BCUT2D eigenvalue weighted by molar-refractivity contribution is 5.84. The van der Waals surface area contributed by atoms with Gasteiger partial charge in [0.15, 0.2) is 0 Å². The van der Waals surface area contributed by atoms with Crippen LogP contribution in [0.2, 0.25) is 0 Å². The van der Waals surface area contributed by atoms with Crippen LogP contribution in [0.15, 0.2) is 24.4 Å². The quantitative estimate of drug-likeness (QED) is 0.726. The van der Waals surface area contributed by atoms with Gasteiger partial charge in [-0.15, -0.1) is 0 Å². The summed E-state index contributed by atoms with van der Waals surface area (Å²) in [5.41, 5.74) is 4.05. The van der Waals surface area contributed by atoms with Crippen molar-refractivity contribution in [1.29, 1.82) is 0 Å². The fourth-order valence-corrected chi connectivity index (χ4v) is 2.04. The minimum absolute atomic E-state index is 1.00. The second kappa shape index (κ2) is 3.70. The van der Waals surface area contributed by atoms with E-state index in [2.05, 4.69) is 61.9 Å². The molecule has 2 nitrogen and oxygen atoms in total. The molecule has 2 heteroatoms. The number of nitrogens with zero attached hydrogens (tertiary/aromatic N) is 2. The Morgan fingerprint density at radius 1 is 1.27 bits per heavy atom. The van der Waals surface area contributed by atoms with Crippen LogP contribution in [0.5, 0.6) is 0 Å². The van der Waals surface area contributed by atoms with Crippen molar-refractivity contribution in [3.05, 3.63) is 35.5 Å². The van der Waals surface area contributed by atoms with Gasteiger partial charge in [0.2, 0.25) is 0 Å². The molecule has 0 aliphatic heterocycles. The lowest BCUT2D eigenvalue weighted by atomic mass is 10.1. The zero-order chi connectivity index (χ0) is 11.0. The van der Waals surface area contributed by atoms with Gasteiger partial charge in [-0.2, -0.15) is 0 Å². The minimum Gasteiger partial charge on any atom is -0.350 e. The Labute approximate surface area is 91.1 Å². The van der Waals surface area contributed by atoms with Crippen molar-refractivity contribution in [2.24, 2.45) is 7.05 Å². The monoisotopic (exact) mass is 202 g/mol. The van der Waals surface area contributed by atoms with Crippen LogP contribution in [0, 0.1) is 6.92 Å². The van der Waals surface area contributed by atoms with Crippen molar-refractivity contribution >= 4 is 10.9 Å². The number of hydrogen-bond acceptors (Lipinski definition) is 1. The lowest BCUT2D eigenvalue weighted by molar-refractivity contribution is 0.404. The van der Waals surface area contributed by atoms with E-state index >= 15 is 0 Å². The van der Waals surface area contributed by atoms with Crippen molar-refractivity contribution < 1.29 is 0 Å². The lowest BCUT2D eigenvalue weighted by Gasteiger charge is -2.07. The molecule has 15 heavy (non-hydrogen) atoms. The first-order valence-electron chi connectivity index (χ1n) is 5.27. The molecule has 0 aliphatic rings. The van der Waals surface area contributed by atoms with E-state index in [1.165, 1.54) is 22.0 Å². The van der Waals surface area contributed by atoms with E-state index in [9.17, 15) is 0 Å². The number of hydrogen-bond donors (Lipinski definition) is 0. The molecule has 0 saturated heterocycles. The van der Waals surface area contributed by atoms with Gasteiger partial charge < -0.3 is 9.47 Å². The predicted octanol–water partition coefficient (Wildman–Crippen LogP) is 2.55. The Kier molecular flexibility index (Phi) is 2.53. The Morgan fingerprint density at radius 3 is 2.67 bits per heavy atom. The van der Waals surface area contributed by atoms with Crippen LogP contribution < -0.4 is 0 Å². The third-order valence-electron chi connectivity index (χ3n) is 2.72. The SMILES string of the molecule is Cc1ccc2c(CN(C)C)cn(C)c2c1. The van der Waals surface area contributed by atoms with Crippen molar-refractivity contribution in [3.63, 3.8) is 0 Å². The van der Waals surface area contributed by atoms with Crippen LogP contribution in [0.4, 0.5) is 0 Å². The fourth-order valence-electron chi connectivity index (χ4n) is 2.04. The molecule has 0 aliphatic carbocycles. The van der Waals surface area contributed by atoms with Gasteiger partial charge in [-0.3, -0.25) is 0 Å². The van der Waals surface area contributed by atoms with E-state index in [-0.39, 0.29) is 0 Å². The van der Waals surface area contributed by atoms with E-state index in [0.29, 0.717) is 0 Å². The molecule has 0 N–H and O–H groups in total. The Hall–Kier alpha value is -1.28. The van der Waals surface area contributed by atoms with Crippen molar-refractivity contribution in [3.8, 4) is 0 Å². The zero-order valence-electron chi connectivity index (χ0n) is 9.91. The molecular weight excluding hydrogens is 184 g/mol. The van der Waals surface area contributed by atoms with Gasteiger partial charge >= 0.3 is 0 Å². The normalized spacial score (nSPS) is 11.5. The minimum atomic E-state index is 1.00. The molecule has 0 radical (unpaired) electrons. The van der Waals surface area contributed by atoms with Crippen LogP contribution in [0.1, 0.15) is 11.1 Å².